The summed E-state index contributed by atoms with van der Waals surface area (Å²) in [6.07, 6.45) is 4.06. The van der Waals surface area contributed by atoms with Gasteiger partial charge in [-0.05, 0) is 93.2 Å². The lowest BCUT2D eigenvalue weighted by Gasteiger charge is -2.30. The van der Waals surface area contributed by atoms with Gasteiger partial charge in [0.1, 0.15) is 11.6 Å². The van der Waals surface area contributed by atoms with Crippen LogP contribution in [-0.2, 0) is 47.8 Å². The summed E-state index contributed by atoms with van der Waals surface area (Å²) >= 11 is 0. The van der Waals surface area contributed by atoms with Crippen molar-refractivity contribution >= 4 is 57.7 Å². The van der Waals surface area contributed by atoms with Crippen LogP contribution in [0.5, 0.6) is 0 Å². The number of sulfonamides is 1. The van der Waals surface area contributed by atoms with Crippen molar-refractivity contribution in [2.75, 3.05) is 13.1 Å². The molecule has 1 atom stereocenters. The number of carbonyl (C=O) groups excluding carboxylic acids is 1. The summed E-state index contributed by atoms with van der Waals surface area (Å²) in [5.74, 6) is -3.57. The zero-order chi connectivity index (χ0) is 45.2. The molecule has 3 saturated carbocycles. The third-order valence-corrected chi connectivity index (χ3v) is 15.9. The van der Waals surface area contributed by atoms with Crippen molar-refractivity contribution < 1.29 is 39.2 Å². The molecule has 4 aliphatic rings. The number of amides is 1. The number of fused-ring (bicyclic) bond motifs is 2. The molecule has 1 aliphatic heterocycles. The van der Waals surface area contributed by atoms with Gasteiger partial charge in [0.2, 0.25) is 27.8 Å². The summed E-state index contributed by atoms with van der Waals surface area (Å²) in [4.78, 5) is 22.1. The normalized spacial score (nSPS) is 21.9. The highest BCUT2D eigenvalue weighted by Gasteiger charge is 2.40. The Labute approximate surface area is 366 Å². The van der Waals surface area contributed by atoms with Gasteiger partial charge in [-0.15, -0.1) is 0 Å². The van der Waals surface area contributed by atoms with Crippen LogP contribution in [0.3, 0.4) is 0 Å². The lowest BCUT2D eigenvalue weighted by Crippen LogP contribution is -2.35. The van der Waals surface area contributed by atoms with E-state index in [1.807, 2.05) is 25.3 Å². The minimum Gasteiger partial charge on any atom is -0.353 e. The number of imidazole rings is 2. The average Bonchev–Trinajstić information content (AvgIpc) is 3.54. The standard InChI is InChI=1S/C26H36F2N4O3S.C18H23ClF2N2O2S/c1-25(2,3)24-30-21-14-20(6-7-22(21)32(24)15-17-8-11-26(27,28)12-9-17)36(34,35)31-13-10-18(16-31)23(33)29-19-4-5-19;1-17(2,3)16-22-14-10-13(26(19,24)25)4-5-15(14)23(16)11-12-6-8-18(20,21)9-7-12/h6-7,14,17-19H,4-5,8-13,15-16H2,1-3H3,(H,29,33);4-5,10,12H,6-9,11H2,1-3H3/t18-;/m0./s1. The molecule has 0 unspecified atom stereocenters. The fraction of sp³-hybridized carbons (Fsp3) is 0.659. The second-order valence-corrected chi connectivity index (χ2v) is 24.6. The third kappa shape index (κ3) is 10.6. The van der Waals surface area contributed by atoms with Crippen LogP contribution in [0.25, 0.3) is 22.1 Å². The van der Waals surface area contributed by atoms with E-state index in [0.29, 0.717) is 62.8 Å². The number of benzene rings is 2. The molecule has 4 fully saturated rings. The first-order valence-corrected chi connectivity index (χ1v) is 25.5. The maximum Gasteiger partial charge on any atom is 0.261 e. The minimum absolute atomic E-state index is 0.00841. The summed E-state index contributed by atoms with van der Waals surface area (Å²) in [6.45, 7) is 13.9. The van der Waals surface area contributed by atoms with E-state index in [1.54, 1.807) is 24.3 Å². The second-order valence-electron chi connectivity index (χ2n) is 20.1. The van der Waals surface area contributed by atoms with E-state index in [0.717, 1.165) is 35.5 Å². The van der Waals surface area contributed by atoms with Crippen LogP contribution >= 0.6 is 10.7 Å². The summed E-state index contributed by atoms with van der Waals surface area (Å²) in [5, 5.41) is 2.98. The van der Waals surface area contributed by atoms with Gasteiger partial charge in [-0.1, -0.05) is 41.5 Å². The summed E-state index contributed by atoms with van der Waals surface area (Å²) in [5.41, 5.74) is 2.20. The Morgan fingerprint density at radius 3 is 1.56 bits per heavy atom. The fourth-order valence-corrected chi connectivity index (χ4v) is 11.3. The number of aromatic nitrogens is 4. The molecule has 0 bridgehead atoms. The monoisotopic (exact) mass is 926 g/mol. The van der Waals surface area contributed by atoms with Gasteiger partial charge in [0.25, 0.3) is 9.05 Å². The molecular weight excluding hydrogens is 868 g/mol. The lowest BCUT2D eigenvalue weighted by molar-refractivity contribution is -0.124. The average molecular weight is 928 g/mol. The Morgan fingerprint density at radius 2 is 1.15 bits per heavy atom. The number of carbonyl (C=O) groups is 1. The summed E-state index contributed by atoms with van der Waals surface area (Å²) < 4.78 is 110. The SMILES string of the molecule is CC(C)(C)c1nc2cc(S(=O)(=O)Cl)ccc2n1CC1CCC(F)(F)CC1.CC(C)(C)c1nc2cc(S(=O)(=O)N3CC[C@H](C(=O)NC4CC4)C3)ccc2n1CC1CCC(F)(F)CC1. The maximum atomic E-state index is 13.7. The quantitative estimate of drug-likeness (QED) is 0.131. The van der Waals surface area contributed by atoms with Crippen LogP contribution in [-0.4, -0.2) is 77.1 Å². The predicted octanol–water partition coefficient (Wildman–Crippen LogP) is 9.54. The van der Waals surface area contributed by atoms with Crippen LogP contribution in [0.1, 0.15) is 124 Å². The molecular formula is C44H59ClF4N6O5S2. The van der Waals surface area contributed by atoms with Gasteiger partial charge in [0, 0.05) is 79.4 Å². The Bertz CT molecular complexity index is 2520. The van der Waals surface area contributed by atoms with E-state index < -0.39 is 30.9 Å². The number of hydrogen-bond donors (Lipinski definition) is 1. The molecule has 2 aromatic heterocycles. The van der Waals surface area contributed by atoms with Gasteiger partial charge in [-0.25, -0.2) is 44.4 Å². The summed E-state index contributed by atoms with van der Waals surface area (Å²) in [6, 6.07) is 9.89. The predicted molar refractivity (Wildman–Crippen MR) is 232 cm³/mol. The Balaban J connectivity index is 0.000000197. The van der Waals surface area contributed by atoms with Crippen LogP contribution < -0.4 is 5.32 Å². The number of alkyl halides is 4. The van der Waals surface area contributed by atoms with Crippen molar-refractivity contribution in [3.63, 3.8) is 0 Å². The van der Waals surface area contributed by atoms with Crippen molar-refractivity contribution in [1.29, 1.82) is 0 Å². The molecule has 11 nitrogen and oxygen atoms in total. The molecule has 342 valence electrons. The molecule has 1 amide bonds. The molecule has 1 saturated heterocycles. The largest absolute Gasteiger partial charge is 0.353 e. The molecule has 0 radical (unpaired) electrons. The van der Waals surface area contributed by atoms with E-state index in [2.05, 4.69) is 35.6 Å². The van der Waals surface area contributed by atoms with Gasteiger partial charge in [-0.3, -0.25) is 4.79 Å². The molecule has 2 aromatic carbocycles. The number of halogens is 5. The van der Waals surface area contributed by atoms with Crippen molar-refractivity contribution in [3.05, 3.63) is 48.0 Å². The maximum absolute atomic E-state index is 13.7. The molecule has 3 heterocycles. The Kier molecular flexibility index (Phi) is 12.8. The van der Waals surface area contributed by atoms with E-state index in [4.69, 9.17) is 15.7 Å². The van der Waals surface area contributed by atoms with E-state index >= 15 is 0 Å². The topological polar surface area (TPSA) is 136 Å². The molecule has 4 aromatic rings. The van der Waals surface area contributed by atoms with Crippen LogP contribution in [0.4, 0.5) is 17.6 Å². The number of nitrogens with one attached hydrogen (secondary N) is 1. The smallest absolute Gasteiger partial charge is 0.261 e. The first-order chi connectivity index (χ1) is 28.7. The van der Waals surface area contributed by atoms with Crippen LogP contribution in [0.15, 0.2) is 46.2 Å². The fourth-order valence-electron chi connectivity index (χ4n) is 8.98. The van der Waals surface area contributed by atoms with Gasteiger partial charge in [-0.2, -0.15) is 4.31 Å². The first-order valence-electron chi connectivity index (χ1n) is 21.7. The number of rotatable bonds is 9. The minimum atomic E-state index is -3.83. The van der Waals surface area contributed by atoms with E-state index in [9.17, 15) is 39.2 Å². The van der Waals surface area contributed by atoms with Crippen molar-refractivity contribution in [3.8, 4) is 0 Å². The van der Waals surface area contributed by atoms with Crippen LogP contribution in [0.2, 0.25) is 0 Å². The van der Waals surface area contributed by atoms with Gasteiger partial charge in [0.15, 0.2) is 0 Å². The lowest BCUT2D eigenvalue weighted by atomic mass is 9.86. The number of hydrogen-bond acceptors (Lipinski definition) is 7. The van der Waals surface area contributed by atoms with Gasteiger partial charge >= 0.3 is 0 Å². The molecule has 0 spiro atoms. The zero-order valence-electron chi connectivity index (χ0n) is 36.4. The highest BCUT2D eigenvalue weighted by Crippen LogP contribution is 2.40. The first kappa shape index (κ1) is 46.7. The third-order valence-electron chi connectivity index (χ3n) is 12.7. The summed E-state index contributed by atoms with van der Waals surface area (Å²) in [7, 11) is -2.16. The Morgan fingerprint density at radius 1 is 0.710 bits per heavy atom. The molecule has 8 rings (SSSR count). The second kappa shape index (κ2) is 16.9. The zero-order valence-corrected chi connectivity index (χ0v) is 38.8. The van der Waals surface area contributed by atoms with E-state index in [-0.39, 0.29) is 82.6 Å². The molecule has 62 heavy (non-hydrogen) atoms. The van der Waals surface area contributed by atoms with Crippen molar-refractivity contribution in [2.24, 2.45) is 17.8 Å². The van der Waals surface area contributed by atoms with Gasteiger partial charge in [0.05, 0.1) is 37.8 Å². The molecule has 18 heteroatoms. The molecule has 3 aliphatic carbocycles. The van der Waals surface area contributed by atoms with E-state index in [1.165, 1.54) is 16.4 Å². The van der Waals surface area contributed by atoms with Crippen molar-refractivity contribution in [2.45, 2.75) is 164 Å². The van der Waals surface area contributed by atoms with Crippen molar-refractivity contribution in [1.82, 2.24) is 28.7 Å². The van der Waals surface area contributed by atoms with Gasteiger partial charge < -0.3 is 14.5 Å². The molecule has 1 N–H and O–H groups in total. The highest BCUT2D eigenvalue weighted by molar-refractivity contribution is 8.13. The number of nitrogens with zero attached hydrogens (tertiary/aromatic N) is 5. The highest BCUT2D eigenvalue weighted by atomic mass is 35.7. The van der Waals surface area contributed by atoms with Crippen LogP contribution in [0, 0.1) is 17.8 Å². The Hall–Kier alpha value is -3.28.